The van der Waals surface area contributed by atoms with E-state index in [1.165, 1.54) is 12.2 Å². The third kappa shape index (κ3) is 10.1. The van der Waals surface area contributed by atoms with Crippen LogP contribution in [0.2, 0.25) is 0 Å². The van der Waals surface area contributed by atoms with Crippen molar-refractivity contribution >= 4 is 46.2 Å². The molecule has 0 bridgehead atoms. The van der Waals surface area contributed by atoms with Gasteiger partial charge in [0, 0.05) is 28.6 Å². The second-order valence-corrected chi connectivity index (χ2v) is 15.2. The van der Waals surface area contributed by atoms with E-state index in [2.05, 4.69) is 11.2 Å². The Kier molecular flexibility index (Phi) is 12.6. The number of carbonyl (C=O) groups is 2. The number of unbranched alkanes of at least 4 members (excludes halogenated alkanes) is 1. The van der Waals surface area contributed by atoms with Crippen LogP contribution < -0.4 is 15.5 Å². The normalized spacial score (nSPS) is 18.3. The van der Waals surface area contributed by atoms with Crippen molar-refractivity contribution < 1.29 is 33.1 Å². The van der Waals surface area contributed by atoms with E-state index < -0.39 is 24.4 Å². The van der Waals surface area contributed by atoms with Crippen LogP contribution in [0.15, 0.2) is 36.4 Å². The van der Waals surface area contributed by atoms with Crippen molar-refractivity contribution in [2.75, 3.05) is 12.3 Å². The number of aryl methyl sites for hydroxylation is 1. The summed E-state index contributed by atoms with van der Waals surface area (Å²) in [5.74, 6) is 3.85. The number of carbonyl (C=O) groups excluding carboxylic acids is 2. The summed E-state index contributed by atoms with van der Waals surface area (Å²) >= 11 is 0. The van der Waals surface area contributed by atoms with Crippen LogP contribution in [0.25, 0.3) is 0 Å². The van der Waals surface area contributed by atoms with Crippen molar-refractivity contribution in [3.63, 3.8) is 0 Å². The molecule has 8 nitrogen and oxygen atoms in total. The van der Waals surface area contributed by atoms with Crippen LogP contribution in [-0.4, -0.2) is 47.9 Å². The van der Waals surface area contributed by atoms with Crippen LogP contribution in [0.5, 0.6) is 5.75 Å². The van der Waals surface area contributed by atoms with Crippen LogP contribution in [0, 0.1) is 19.3 Å². The Balaban J connectivity index is 1.41. The second kappa shape index (κ2) is 16.2. The first kappa shape index (κ1) is 35.1. The Morgan fingerprint density at radius 1 is 1.02 bits per heavy atom. The summed E-state index contributed by atoms with van der Waals surface area (Å²) in [5.41, 5.74) is 3.31. The maximum Gasteiger partial charge on any atom is 0.494 e. The van der Waals surface area contributed by atoms with Crippen LogP contribution in [0.3, 0.4) is 0 Å². The van der Waals surface area contributed by atoms with E-state index in [1.54, 1.807) is 0 Å². The molecule has 0 saturated carbocycles. The summed E-state index contributed by atoms with van der Waals surface area (Å²) in [6, 6.07) is 11.7. The molecule has 4 rings (SSSR count). The molecule has 0 aromatic heterocycles. The maximum atomic E-state index is 12.6. The lowest BCUT2D eigenvalue weighted by Crippen LogP contribution is -2.41. The van der Waals surface area contributed by atoms with Gasteiger partial charge in [-0.3, -0.25) is 4.79 Å². The Morgan fingerprint density at radius 3 is 2.31 bits per heavy atom. The topological polar surface area (TPSA) is 92.3 Å². The van der Waals surface area contributed by atoms with Crippen LogP contribution in [-0.2, 0) is 43.4 Å². The van der Waals surface area contributed by atoms with Crippen molar-refractivity contribution in [2.24, 2.45) is 0 Å². The molecule has 2 heterocycles. The fourth-order valence-electron chi connectivity index (χ4n) is 4.99. The number of amides is 1. The number of esters is 1. The lowest BCUT2D eigenvalue weighted by molar-refractivity contribution is -0.145. The zero-order valence-electron chi connectivity index (χ0n) is 26.9. The first-order valence-corrected chi connectivity index (χ1v) is 17.8. The molecular formula is C34H44BNO7S2. The molecule has 1 N–H and O–H groups in total. The highest BCUT2D eigenvalue weighted by atomic mass is 33.1. The van der Waals surface area contributed by atoms with Crippen molar-refractivity contribution in [3.05, 3.63) is 58.7 Å². The molecule has 0 radical (unpaired) electrons. The van der Waals surface area contributed by atoms with Gasteiger partial charge in [-0.15, -0.1) is 6.42 Å². The van der Waals surface area contributed by atoms with E-state index in [1.807, 2.05) is 92.6 Å². The van der Waals surface area contributed by atoms with Gasteiger partial charge in [-0.1, -0.05) is 63.8 Å². The Hall–Kier alpha value is -2.78. The van der Waals surface area contributed by atoms with E-state index in [9.17, 15) is 9.59 Å². The molecular weight excluding hydrogens is 609 g/mol. The number of hydrogen-bond donors (Lipinski definition) is 1. The number of rotatable bonds is 14. The van der Waals surface area contributed by atoms with Gasteiger partial charge in [-0.2, -0.15) is 0 Å². The lowest BCUT2D eigenvalue weighted by Gasteiger charge is -2.32. The standard InChI is InChI=1S/C34H44BNO7S2/c1-7-17-36-32(38)41-23-27-20-24(2)19-26(22-39-30(37)11-9-8-10-29-16-18-44-45-29)31(27)40-21-25-12-14-28(15-13-25)35-42-33(3,4)34(5,6)43-35/h1,12-15,19-20,29H,8-11,16-18,21-23H2,2-6H3,(H,36,38). The van der Waals surface area contributed by atoms with Crippen molar-refractivity contribution in [1.29, 1.82) is 0 Å². The summed E-state index contributed by atoms with van der Waals surface area (Å²) < 4.78 is 29.8. The van der Waals surface area contributed by atoms with Gasteiger partial charge in [0.05, 0.1) is 17.7 Å². The number of ether oxygens (including phenoxy) is 3. The summed E-state index contributed by atoms with van der Waals surface area (Å²) in [6.45, 7) is 10.4. The minimum Gasteiger partial charge on any atom is -0.488 e. The van der Waals surface area contributed by atoms with Gasteiger partial charge in [0.25, 0.3) is 0 Å². The summed E-state index contributed by atoms with van der Waals surface area (Å²) in [4.78, 5) is 24.7. The third-order valence-electron chi connectivity index (χ3n) is 8.24. The number of hydrogen-bond acceptors (Lipinski definition) is 9. The molecule has 2 aromatic rings. The van der Waals surface area contributed by atoms with Crippen molar-refractivity contribution in [2.45, 2.75) is 103 Å². The van der Waals surface area contributed by atoms with E-state index in [0.717, 1.165) is 35.9 Å². The SMILES string of the molecule is C#CCNC(=O)OCc1cc(C)cc(COC(=O)CCCCC2CCSS2)c1OCc1ccc(B2OC(C)(C)C(C)(C)O2)cc1. The lowest BCUT2D eigenvalue weighted by atomic mass is 9.79. The molecule has 2 fully saturated rings. The molecule has 1 amide bonds. The van der Waals surface area contributed by atoms with Gasteiger partial charge in [-0.05, 0) is 77.0 Å². The highest BCUT2D eigenvalue weighted by molar-refractivity contribution is 8.77. The van der Waals surface area contributed by atoms with Crippen LogP contribution in [0.4, 0.5) is 4.79 Å². The molecule has 2 aliphatic heterocycles. The predicted molar refractivity (Wildman–Crippen MR) is 181 cm³/mol. The number of terminal acetylenes is 1. The number of nitrogens with one attached hydrogen (secondary N) is 1. The fraction of sp³-hybridized carbons (Fsp3) is 0.529. The zero-order valence-corrected chi connectivity index (χ0v) is 28.6. The van der Waals surface area contributed by atoms with E-state index in [-0.39, 0.29) is 32.3 Å². The predicted octanol–water partition coefficient (Wildman–Crippen LogP) is 6.49. The molecule has 45 heavy (non-hydrogen) atoms. The highest BCUT2D eigenvalue weighted by Gasteiger charge is 2.51. The largest absolute Gasteiger partial charge is 0.494 e. The highest BCUT2D eigenvalue weighted by Crippen LogP contribution is 2.40. The summed E-state index contributed by atoms with van der Waals surface area (Å²) in [5, 5.41) is 3.20. The molecule has 2 saturated heterocycles. The van der Waals surface area contributed by atoms with Gasteiger partial charge < -0.3 is 28.8 Å². The molecule has 2 aromatic carbocycles. The quantitative estimate of drug-likeness (QED) is 0.0808. The third-order valence-corrected chi connectivity index (χ3v) is 11.2. The molecule has 1 unspecified atom stereocenters. The van der Waals surface area contributed by atoms with Gasteiger partial charge in [-0.25, -0.2) is 4.79 Å². The van der Waals surface area contributed by atoms with Crippen molar-refractivity contribution in [1.82, 2.24) is 5.32 Å². The maximum absolute atomic E-state index is 12.6. The van der Waals surface area contributed by atoms with E-state index >= 15 is 0 Å². The Morgan fingerprint density at radius 2 is 1.69 bits per heavy atom. The average molecular weight is 654 g/mol. The molecule has 1 atom stereocenters. The zero-order chi connectivity index (χ0) is 32.5. The Bertz CT molecular complexity index is 1340. The summed E-state index contributed by atoms with van der Waals surface area (Å²) in [6.07, 6.45) is 9.21. The van der Waals surface area contributed by atoms with Gasteiger partial charge in [0.2, 0.25) is 0 Å². The molecule has 11 heteroatoms. The van der Waals surface area contributed by atoms with Gasteiger partial charge in [0.15, 0.2) is 0 Å². The van der Waals surface area contributed by atoms with Crippen molar-refractivity contribution in [3.8, 4) is 18.1 Å². The Labute approximate surface area is 275 Å². The molecule has 2 aliphatic rings. The van der Waals surface area contributed by atoms with Gasteiger partial charge >= 0.3 is 19.2 Å². The molecule has 242 valence electrons. The molecule has 0 spiro atoms. The summed E-state index contributed by atoms with van der Waals surface area (Å²) in [7, 11) is 3.45. The van der Waals surface area contributed by atoms with Crippen LogP contribution >= 0.6 is 21.6 Å². The molecule has 0 aliphatic carbocycles. The van der Waals surface area contributed by atoms with Crippen LogP contribution in [0.1, 0.15) is 82.1 Å². The average Bonchev–Trinajstić information content (AvgIpc) is 3.60. The number of alkyl carbamates (subject to hydrolysis) is 1. The van der Waals surface area contributed by atoms with Gasteiger partial charge in [0.1, 0.15) is 25.6 Å². The fourth-order valence-corrected chi connectivity index (χ4v) is 8.02. The first-order valence-electron chi connectivity index (χ1n) is 15.4. The van der Waals surface area contributed by atoms with E-state index in [4.69, 9.17) is 29.9 Å². The smallest absolute Gasteiger partial charge is 0.488 e. The second-order valence-electron chi connectivity index (χ2n) is 12.4. The van der Waals surface area contributed by atoms with E-state index in [0.29, 0.717) is 28.5 Å². The first-order chi connectivity index (χ1) is 21.5. The minimum atomic E-state index is -0.624. The minimum absolute atomic E-state index is 0.0350. The number of benzene rings is 2. The monoisotopic (exact) mass is 653 g/mol.